The van der Waals surface area contributed by atoms with Gasteiger partial charge in [0.2, 0.25) is 10.0 Å². The first-order valence-electron chi connectivity index (χ1n) is 7.71. The summed E-state index contributed by atoms with van der Waals surface area (Å²) >= 11 is 6.19. The molecule has 0 bridgehead atoms. The Bertz CT molecular complexity index is 407. The van der Waals surface area contributed by atoms with Gasteiger partial charge in [0.1, 0.15) is 0 Å². The minimum Gasteiger partial charge on any atom is -0.310 e. The van der Waals surface area contributed by atoms with Crippen LogP contribution in [0.2, 0.25) is 0 Å². The van der Waals surface area contributed by atoms with Crippen molar-refractivity contribution in [1.82, 2.24) is 9.62 Å². The lowest BCUT2D eigenvalue weighted by Gasteiger charge is -2.39. The Morgan fingerprint density at radius 3 is 2.55 bits per heavy atom. The van der Waals surface area contributed by atoms with Gasteiger partial charge in [-0.25, -0.2) is 12.7 Å². The quantitative estimate of drug-likeness (QED) is 0.789. The highest BCUT2D eigenvalue weighted by Gasteiger charge is 2.32. The fraction of sp³-hybridized carbons (Fsp3) is 1.00. The molecule has 0 radical (unpaired) electrons. The summed E-state index contributed by atoms with van der Waals surface area (Å²) in [7, 11) is -3.04. The maximum atomic E-state index is 11.6. The monoisotopic (exact) mass is 322 g/mol. The first-order valence-corrected chi connectivity index (χ1v) is 10.1. The van der Waals surface area contributed by atoms with Crippen LogP contribution in [-0.2, 0) is 10.0 Å². The van der Waals surface area contributed by atoms with E-state index in [4.69, 9.17) is 11.6 Å². The van der Waals surface area contributed by atoms with Crippen LogP contribution in [0.3, 0.4) is 0 Å². The number of rotatable bonds is 5. The summed E-state index contributed by atoms with van der Waals surface area (Å²) in [5.74, 6) is 1.08. The van der Waals surface area contributed by atoms with Gasteiger partial charge in [0, 0.05) is 24.5 Å². The molecule has 0 spiro atoms. The van der Waals surface area contributed by atoms with E-state index in [0.29, 0.717) is 24.9 Å². The molecule has 1 heterocycles. The molecule has 0 aromatic heterocycles. The third-order valence-corrected chi connectivity index (χ3v) is 6.56. The Labute approximate surface area is 128 Å². The predicted octanol–water partition coefficient (Wildman–Crippen LogP) is 2.19. The lowest BCUT2D eigenvalue weighted by Crippen LogP contribution is -2.52. The molecule has 1 saturated heterocycles. The van der Waals surface area contributed by atoms with E-state index in [1.54, 1.807) is 4.31 Å². The SMILES string of the molecule is CS(=O)(=O)N1CCCC(CNC2(CCl)CCCCC2)C1. The average molecular weight is 323 g/mol. The summed E-state index contributed by atoms with van der Waals surface area (Å²) in [6, 6.07) is 0. The van der Waals surface area contributed by atoms with Crippen molar-refractivity contribution in [3.63, 3.8) is 0 Å². The number of alkyl halides is 1. The van der Waals surface area contributed by atoms with Gasteiger partial charge in [0.25, 0.3) is 0 Å². The molecule has 6 heteroatoms. The Morgan fingerprint density at radius 1 is 1.25 bits per heavy atom. The zero-order valence-electron chi connectivity index (χ0n) is 12.4. The Balaban J connectivity index is 1.86. The second kappa shape index (κ2) is 6.95. The molecule has 0 amide bonds. The van der Waals surface area contributed by atoms with E-state index in [1.165, 1.54) is 25.5 Å². The van der Waals surface area contributed by atoms with Gasteiger partial charge in [-0.1, -0.05) is 19.3 Å². The number of sulfonamides is 1. The highest BCUT2D eigenvalue weighted by atomic mass is 35.5. The van der Waals surface area contributed by atoms with Crippen molar-refractivity contribution in [2.45, 2.75) is 50.5 Å². The van der Waals surface area contributed by atoms with Gasteiger partial charge < -0.3 is 5.32 Å². The molecular formula is C14H27ClN2O2S. The number of hydrogen-bond donors (Lipinski definition) is 1. The van der Waals surface area contributed by atoms with Crippen LogP contribution in [0.4, 0.5) is 0 Å². The maximum absolute atomic E-state index is 11.6. The van der Waals surface area contributed by atoms with Crippen molar-refractivity contribution in [1.29, 1.82) is 0 Å². The minimum absolute atomic E-state index is 0.0904. The number of piperidine rings is 1. The molecule has 0 aromatic rings. The normalized spacial score (nSPS) is 28.4. The fourth-order valence-electron chi connectivity index (χ4n) is 3.44. The molecular weight excluding hydrogens is 296 g/mol. The average Bonchev–Trinajstić information content (AvgIpc) is 2.46. The van der Waals surface area contributed by atoms with Gasteiger partial charge in [-0.15, -0.1) is 11.6 Å². The molecule has 1 N–H and O–H groups in total. The van der Waals surface area contributed by atoms with Crippen molar-refractivity contribution < 1.29 is 8.42 Å². The third kappa shape index (κ3) is 4.33. The first kappa shape index (κ1) is 16.5. The van der Waals surface area contributed by atoms with Crippen LogP contribution >= 0.6 is 11.6 Å². The molecule has 1 saturated carbocycles. The smallest absolute Gasteiger partial charge is 0.211 e. The van der Waals surface area contributed by atoms with Gasteiger partial charge in [0.15, 0.2) is 0 Å². The minimum atomic E-state index is -3.04. The Kier molecular flexibility index (Phi) is 5.74. The molecule has 0 aromatic carbocycles. The van der Waals surface area contributed by atoms with Crippen molar-refractivity contribution >= 4 is 21.6 Å². The van der Waals surface area contributed by atoms with Crippen molar-refractivity contribution in [2.24, 2.45) is 5.92 Å². The van der Waals surface area contributed by atoms with E-state index in [2.05, 4.69) is 5.32 Å². The van der Waals surface area contributed by atoms with Crippen LogP contribution in [0, 0.1) is 5.92 Å². The molecule has 20 heavy (non-hydrogen) atoms. The lowest BCUT2D eigenvalue weighted by atomic mass is 9.82. The number of nitrogens with one attached hydrogen (secondary N) is 1. The zero-order valence-corrected chi connectivity index (χ0v) is 14.0. The second-order valence-electron chi connectivity index (χ2n) is 6.48. The topological polar surface area (TPSA) is 49.4 Å². The number of hydrogen-bond acceptors (Lipinski definition) is 3. The van der Waals surface area contributed by atoms with Crippen LogP contribution in [0.25, 0.3) is 0 Å². The highest BCUT2D eigenvalue weighted by Crippen LogP contribution is 2.30. The van der Waals surface area contributed by atoms with Crippen molar-refractivity contribution in [3.05, 3.63) is 0 Å². The Morgan fingerprint density at radius 2 is 1.95 bits per heavy atom. The predicted molar refractivity (Wildman–Crippen MR) is 83.7 cm³/mol. The molecule has 1 aliphatic heterocycles. The summed E-state index contributed by atoms with van der Waals surface area (Å²) < 4.78 is 24.9. The molecule has 2 aliphatic rings. The number of nitrogens with zero attached hydrogens (tertiary/aromatic N) is 1. The summed E-state index contributed by atoms with van der Waals surface area (Å²) in [6.45, 7) is 2.22. The molecule has 1 unspecified atom stereocenters. The molecule has 1 aliphatic carbocycles. The standard InChI is InChI=1S/C14H27ClN2O2S/c1-20(18,19)17-9-5-6-13(11-17)10-16-14(12-15)7-3-2-4-8-14/h13,16H,2-12H2,1H3. The molecule has 2 rings (SSSR count). The maximum Gasteiger partial charge on any atom is 0.211 e. The van der Waals surface area contributed by atoms with Crippen molar-refractivity contribution in [3.8, 4) is 0 Å². The number of halogens is 1. The van der Waals surface area contributed by atoms with Crippen LogP contribution in [0.1, 0.15) is 44.9 Å². The largest absolute Gasteiger partial charge is 0.310 e. The van der Waals surface area contributed by atoms with Gasteiger partial charge in [-0.05, 0) is 38.1 Å². The fourth-order valence-corrected chi connectivity index (χ4v) is 4.75. The van der Waals surface area contributed by atoms with Gasteiger partial charge >= 0.3 is 0 Å². The van der Waals surface area contributed by atoms with E-state index in [0.717, 1.165) is 32.2 Å². The Hall–Kier alpha value is 0.160. The van der Waals surface area contributed by atoms with Crippen LogP contribution in [-0.4, -0.2) is 50.0 Å². The van der Waals surface area contributed by atoms with Crippen LogP contribution in [0.15, 0.2) is 0 Å². The molecule has 2 fully saturated rings. The van der Waals surface area contributed by atoms with E-state index in [9.17, 15) is 8.42 Å². The molecule has 4 nitrogen and oxygen atoms in total. The van der Waals surface area contributed by atoms with Crippen LogP contribution in [0.5, 0.6) is 0 Å². The zero-order chi connectivity index (χ0) is 14.6. The van der Waals surface area contributed by atoms with E-state index < -0.39 is 10.0 Å². The summed E-state index contributed by atoms with van der Waals surface area (Å²) in [4.78, 5) is 0. The van der Waals surface area contributed by atoms with Gasteiger partial charge in [-0.2, -0.15) is 0 Å². The molecule has 1 atom stereocenters. The van der Waals surface area contributed by atoms with E-state index in [-0.39, 0.29) is 5.54 Å². The van der Waals surface area contributed by atoms with E-state index >= 15 is 0 Å². The van der Waals surface area contributed by atoms with Gasteiger partial charge in [-0.3, -0.25) is 0 Å². The first-order chi connectivity index (χ1) is 9.45. The summed E-state index contributed by atoms with van der Waals surface area (Å²) in [5, 5.41) is 3.67. The van der Waals surface area contributed by atoms with Crippen molar-refractivity contribution in [2.75, 3.05) is 31.8 Å². The summed E-state index contributed by atoms with van der Waals surface area (Å²) in [5.41, 5.74) is 0.0904. The molecule has 118 valence electrons. The highest BCUT2D eigenvalue weighted by molar-refractivity contribution is 7.88. The lowest BCUT2D eigenvalue weighted by molar-refractivity contribution is 0.209. The van der Waals surface area contributed by atoms with E-state index in [1.807, 2.05) is 0 Å². The second-order valence-corrected chi connectivity index (χ2v) is 8.73. The van der Waals surface area contributed by atoms with Gasteiger partial charge in [0.05, 0.1) is 6.26 Å². The van der Waals surface area contributed by atoms with Crippen LogP contribution < -0.4 is 5.32 Å². The summed E-state index contributed by atoms with van der Waals surface area (Å²) in [6.07, 6.45) is 9.50. The third-order valence-electron chi connectivity index (χ3n) is 4.78.